The lowest BCUT2D eigenvalue weighted by Gasteiger charge is -2.26. The summed E-state index contributed by atoms with van der Waals surface area (Å²) in [5.74, 6) is -1.02. The lowest BCUT2D eigenvalue weighted by molar-refractivity contribution is 0.490. The number of rotatable bonds is 4. The molecule has 1 aromatic carbocycles. The molecule has 1 aromatic rings. The first-order valence-electron chi connectivity index (χ1n) is 6.02. The van der Waals surface area contributed by atoms with E-state index in [1.54, 1.807) is 0 Å². The summed E-state index contributed by atoms with van der Waals surface area (Å²) in [7, 11) is -3.70. The van der Waals surface area contributed by atoms with Crippen LogP contribution in [0.1, 0.15) is 25.3 Å². The molecular formula is C13H15BrClFN2O2S. The maximum Gasteiger partial charge on any atom is 0.171 e. The molecular weight excluding hydrogens is 383 g/mol. The first-order chi connectivity index (χ1) is 9.13. The van der Waals surface area contributed by atoms with E-state index in [-0.39, 0.29) is 18.0 Å². The van der Waals surface area contributed by atoms with Gasteiger partial charge in [-0.15, -0.1) is 12.4 Å². The van der Waals surface area contributed by atoms with Crippen LogP contribution in [0.2, 0.25) is 0 Å². The minimum atomic E-state index is -3.70. The molecule has 0 heterocycles. The summed E-state index contributed by atoms with van der Waals surface area (Å²) in [5, 5.41) is 9.01. The summed E-state index contributed by atoms with van der Waals surface area (Å²) in [6.07, 6.45) is 0.645. The highest BCUT2D eigenvalue weighted by atomic mass is 79.9. The summed E-state index contributed by atoms with van der Waals surface area (Å²) >= 11 is 3.21. The first-order valence-corrected chi connectivity index (χ1v) is 8.46. The topological polar surface area (TPSA) is 84.0 Å². The minimum absolute atomic E-state index is 0. The van der Waals surface area contributed by atoms with Crippen molar-refractivity contribution < 1.29 is 12.8 Å². The van der Waals surface area contributed by atoms with Gasteiger partial charge in [0.2, 0.25) is 0 Å². The second kappa shape index (κ2) is 5.84. The van der Waals surface area contributed by atoms with Gasteiger partial charge in [0.1, 0.15) is 5.82 Å². The van der Waals surface area contributed by atoms with Crippen molar-refractivity contribution in [2.45, 2.75) is 30.1 Å². The average Bonchev–Trinajstić information content (AvgIpc) is 3.12. The molecule has 1 fully saturated rings. The predicted molar refractivity (Wildman–Crippen MR) is 84.3 cm³/mol. The van der Waals surface area contributed by atoms with Crippen molar-refractivity contribution in [2.24, 2.45) is 5.73 Å². The van der Waals surface area contributed by atoms with E-state index in [1.807, 2.05) is 6.07 Å². The highest BCUT2D eigenvalue weighted by Gasteiger charge is 2.56. The van der Waals surface area contributed by atoms with Crippen molar-refractivity contribution in [3.8, 4) is 6.07 Å². The molecule has 1 saturated carbocycles. The van der Waals surface area contributed by atoms with E-state index in [1.165, 1.54) is 25.1 Å². The molecule has 8 heteroatoms. The van der Waals surface area contributed by atoms with Gasteiger partial charge in [-0.1, -0.05) is 15.9 Å². The van der Waals surface area contributed by atoms with Gasteiger partial charge in [-0.3, -0.25) is 0 Å². The molecule has 1 aliphatic rings. The third-order valence-electron chi connectivity index (χ3n) is 3.54. The van der Waals surface area contributed by atoms with Crippen LogP contribution in [-0.2, 0) is 15.4 Å². The molecule has 1 unspecified atom stereocenters. The SMILES string of the molecule is CC(N)(CS(=O)(=O)C1(C#N)CC1)c1cc(Br)ccc1F.Cl. The number of halogens is 3. The second-order valence-electron chi connectivity index (χ2n) is 5.41. The van der Waals surface area contributed by atoms with Gasteiger partial charge in [0.25, 0.3) is 0 Å². The quantitative estimate of drug-likeness (QED) is 0.846. The maximum atomic E-state index is 13.9. The highest BCUT2D eigenvalue weighted by molar-refractivity contribution is 9.10. The predicted octanol–water partition coefficient (Wildman–Crippen LogP) is 2.65. The highest BCUT2D eigenvalue weighted by Crippen LogP contribution is 2.45. The third-order valence-corrected chi connectivity index (χ3v) is 6.70. The van der Waals surface area contributed by atoms with Crippen LogP contribution in [0.3, 0.4) is 0 Å². The zero-order valence-corrected chi connectivity index (χ0v) is 14.5. The standard InChI is InChI=1S/C13H14BrFN2O2S.ClH/c1-12(17,10-6-9(14)2-3-11(10)15)8-20(18,19)13(7-16)4-5-13;/h2-3,6H,4-5,8,17H2,1H3;1H. The van der Waals surface area contributed by atoms with Crippen molar-refractivity contribution in [1.29, 1.82) is 5.26 Å². The summed E-state index contributed by atoms with van der Waals surface area (Å²) in [6, 6.07) is 6.06. The molecule has 2 N–H and O–H groups in total. The molecule has 0 aromatic heterocycles. The van der Waals surface area contributed by atoms with Crippen LogP contribution >= 0.6 is 28.3 Å². The van der Waals surface area contributed by atoms with Crippen LogP contribution in [0.25, 0.3) is 0 Å². The van der Waals surface area contributed by atoms with Crippen LogP contribution in [-0.4, -0.2) is 18.9 Å². The Hall–Kier alpha value is -0.680. The molecule has 0 radical (unpaired) electrons. The Morgan fingerprint density at radius 3 is 2.57 bits per heavy atom. The van der Waals surface area contributed by atoms with E-state index in [0.717, 1.165) is 0 Å². The van der Waals surface area contributed by atoms with E-state index in [4.69, 9.17) is 11.0 Å². The Balaban J connectivity index is 0.00000220. The van der Waals surface area contributed by atoms with E-state index in [0.29, 0.717) is 17.3 Å². The van der Waals surface area contributed by atoms with Crippen molar-refractivity contribution in [2.75, 3.05) is 5.75 Å². The summed E-state index contributed by atoms with van der Waals surface area (Å²) < 4.78 is 37.8. The largest absolute Gasteiger partial charge is 0.321 e. The monoisotopic (exact) mass is 396 g/mol. The van der Waals surface area contributed by atoms with Gasteiger partial charge < -0.3 is 5.73 Å². The zero-order valence-electron chi connectivity index (χ0n) is 11.3. The van der Waals surface area contributed by atoms with Gasteiger partial charge in [0.15, 0.2) is 14.6 Å². The van der Waals surface area contributed by atoms with Crippen LogP contribution in [0, 0.1) is 17.1 Å². The van der Waals surface area contributed by atoms with E-state index < -0.39 is 31.7 Å². The molecule has 116 valence electrons. The molecule has 2 rings (SSSR count). The number of nitrogens with two attached hydrogens (primary N) is 1. The van der Waals surface area contributed by atoms with Crippen LogP contribution in [0.4, 0.5) is 4.39 Å². The molecule has 1 atom stereocenters. The Morgan fingerprint density at radius 2 is 2.10 bits per heavy atom. The molecule has 0 spiro atoms. The zero-order chi connectivity index (χ0) is 15.2. The van der Waals surface area contributed by atoms with Gasteiger partial charge in [0, 0.05) is 10.0 Å². The Morgan fingerprint density at radius 1 is 1.52 bits per heavy atom. The van der Waals surface area contributed by atoms with Crippen LogP contribution < -0.4 is 5.73 Å². The lowest BCUT2D eigenvalue weighted by atomic mass is 9.95. The van der Waals surface area contributed by atoms with Crippen molar-refractivity contribution in [1.82, 2.24) is 0 Å². The van der Waals surface area contributed by atoms with E-state index in [2.05, 4.69) is 15.9 Å². The maximum absolute atomic E-state index is 13.9. The number of hydrogen-bond acceptors (Lipinski definition) is 4. The van der Waals surface area contributed by atoms with Crippen molar-refractivity contribution >= 4 is 38.2 Å². The summed E-state index contributed by atoms with van der Waals surface area (Å²) in [4.78, 5) is 0. The average molecular weight is 398 g/mol. The molecule has 21 heavy (non-hydrogen) atoms. The number of benzene rings is 1. The van der Waals surface area contributed by atoms with Crippen molar-refractivity contribution in [3.63, 3.8) is 0 Å². The summed E-state index contributed by atoms with van der Waals surface area (Å²) in [6.45, 7) is 1.46. The molecule has 0 bridgehead atoms. The normalized spacial score (nSPS) is 19.0. The van der Waals surface area contributed by atoms with Gasteiger partial charge in [0.05, 0.1) is 17.4 Å². The van der Waals surface area contributed by atoms with Crippen molar-refractivity contribution in [3.05, 3.63) is 34.1 Å². The number of nitriles is 1. The second-order valence-corrected chi connectivity index (χ2v) is 8.62. The third kappa shape index (κ3) is 3.39. The summed E-state index contributed by atoms with van der Waals surface area (Å²) in [5.41, 5.74) is 4.75. The molecule has 0 saturated heterocycles. The molecule has 4 nitrogen and oxygen atoms in total. The Bertz CT molecular complexity index is 697. The molecule has 1 aliphatic carbocycles. The molecule has 0 amide bonds. The molecule has 0 aliphatic heterocycles. The van der Waals surface area contributed by atoms with Crippen LogP contribution in [0.15, 0.2) is 22.7 Å². The minimum Gasteiger partial charge on any atom is -0.321 e. The van der Waals surface area contributed by atoms with Gasteiger partial charge in [-0.05, 0) is 38.0 Å². The van der Waals surface area contributed by atoms with Gasteiger partial charge in [-0.2, -0.15) is 5.26 Å². The Kier molecular flexibility index (Phi) is 5.11. The fourth-order valence-electron chi connectivity index (χ4n) is 2.15. The smallest absolute Gasteiger partial charge is 0.171 e. The fraction of sp³-hybridized carbons (Fsp3) is 0.462. The first kappa shape index (κ1) is 18.4. The van der Waals surface area contributed by atoms with E-state index >= 15 is 0 Å². The van der Waals surface area contributed by atoms with Gasteiger partial charge in [-0.25, -0.2) is 12.8 Å². The Labute approximate surface area is 138 Å². The van der Waals surface area contributed by atoms with Gasteiger partial charge >= 0.3 is 0 Å². The van der Waals surface area contributed by atoms with Crippen LogP contribution in [0.5, 0.6) is 0 Å². The number of hydrogen-bond donors (Lipinski definition) is 1. The number of sulfone groups is 1. The lowest BCUT2D eigenvalue weighted by Crippen LogP contribution is -2.44. The number of nitrogens with zero attached hydrogens (tertiary/aromatic N) is 1. The fourth-order valence-corrected chi connectivity index (χ4v) is 4.60. The van der Waals surface area contributed by atoms with E-state index in [9.17, 15) is 12.8 Å².